The van der Waals surface area contributed by atoms with Crippen LogP contribution in [-0.4, -0.2) is 83.2 Å². The van der Waals surface area contributed by atoms with Gasteiger partial charge in [-0.25, -0.2) is 0 Å². The molecule has 3 fully saturated rings. The number of aliphatic hydroxyl groups is 1. The first kappa shape index (κ1) is 31.2. The van der Waals surface area contributed by atoms with Crippen molar-refractivity contribution >= 4 is 40.9 Å². The highest BCUT2D eigenvalue weighted by molar-refractivity contribution is 8.02. The van der Waals surface area contributed by atoms with Gasteiger partial charge in [0.25, 0.3) is 5.91 Å². The van der Waals surface area contributed by atoms with E-state index in [0.717, 1.165) is 50.1 Å². The van der Waals surface area contributed by atoms with Gasteiger partial charge in [-0.3, -0.25) is 14.4 Å². The Labute approximate surface area is 248 Å². The summed E-state index contributed by atoms with van der Waals surface area (Å²) < 4.78 is 4.93. The molecular weight excluding hydrogens is 538 g/mol. The zero-order chi connectivity index (χ0) is 29.7. The van der Waals surface area contributed by atoms with Crippen LogP contribution in [0.3, 0.4) is 0 Å². The maximum absolute atomic E-state index is 14.6. The predicted molar refractivity (Wildman–Crippen MR) is 165 cm³/mol. The number of thioether (sulfide) groups is 1. The van der Waals surface area contributed by atoms with E-state index in [-0.39, 0.29) is 48.6 Å². The quantitative estimate of drug-likeness (QED) is 0.187. The fourth-order valence-electron chi connectivity index (χ4n) is 7.11. The van der Waals surface area contributed by atoms with Crippen LogP contribution in [0.4, 0.5) is 11.4 Å². The molecule has 41 heavy (non-hydrogen) atoms. The summed E-state index contributed by atoms with van der Waals surface area (Å²) in [5.41, 5.74) is 1.80. The van der Waals surface area contributed by atoms with Gasteiger partial charge in [0.05, 0.1) is 29.8 Å². The van der Waals surface area contributed by atoms with Crippen molar-refractivity contribution in [2.24, 2.45) is 17.8 Å². The van der Waals surface area contributed by atoms with E-state index in [0.29, 0.717) is 6.61 Å². The number of likely N-dealkylation sites (tertiary alicyclic amines) is 1. The molecule has 1 aromatic rings. The number of carbonyl (C=O) groups excluding carboxylic acids is 3. The number of unbranched alkanes of at least 4 members (excludes halogenated alkanes) is 2. The van der Waals surface area contributed by atoms with Gasteiger partial charge >= 0.3 is 5.97 Å². The van der Waals surface area contributed by atoms with Crippen LogP contribution in [-0.2, 0) is 19.1 Å². The Morgan fingerprint density at radius 3 is 2.44 bits per heavy atom. The zero-order valence-corrected chi connectivity index (χ0v) is 25.5. The van der Waals surface area contributed by atoms with Gasteiger partial charge in [0, 0.05) is 42.8 Å². The van der Waals surface area contributed by atoms with Gasteiger partial charge in [-0.05, 0) is 69.7 Å². The molecule has 2 amide bonds. The van der Waals surface area contributed by atoms with Crippen LogP contribution in [0.1, 0.15) is 46.5 Å². The minimum atomic E-state index is -0.801. The molecule has 1 spiro atoms. The number of fused-ring (bicyclic) bond motifs is 1. The number of carbonyl (C=O) groups is 3. The molecule has 3 aliphatic heterocycles. The van der Waals surface area contributed by atoms with Crippen molar-refractivity contribution in [3.8, 4) is 0 Å². The minimum Gasteiger partial charge on any atom is -0.465 e. The largest absolute Gasteiger partial charge is 0.465 e. The smallest absolute Gasteiger partial charge is 0.310 e. The number of amides is 2. The van der Waals surface area contributed by atoms with Crippen molar-refractivity contribution < 1.29 is 24.2 Å². The summed E-state index contributed by atoms with van der Waals surface area (Å²) in [6.45, 7) is 16.0. The summed E-state index contributed by atoms with van der Waals surface area (Å²) in [5, 5.41) is 9.87. The van der Waals surface area contributed by atoms with Crippen LogP contribution in [0.5, 0.6) is 0 Å². The van der Waals surface area contributed by atoms with E-state index in [1.165, 1.54) is 4.90 Å². The number of hydrogen-bond acceptors (Lipinski definition) is 7. The maximum Gasteiger partial charge on any atom is 0.310 e. The number of β-amino-alcohol motifs (C(OH)–C–C–N with tert-alkyl or cyclic N) is 1. The number of hydrogen-bond donors (Lipinski definition) is 1. The lowest BCUT2D eigenvalue weighted by molar-refractivity contribution is -0.154. The summed E-state index contributed by atoms with van der Waals surface area (Å²) in [4.78, 5) is 47.5. The second kappa shape index (κ2) is 13.5. The summed E-state index contributed by atoms with van der Waals surface area (Å²) in [6.07, 6.45) is 6.76. The van der Waals surface area contributed by atoms with Gasteiger partial charge in [-0.1, -0.05) is 19.1 Å². The molecule has 4 rings (SSSR count). The van der Waals surface area contributed by atoms with E-state index >= 15 is 0 Å². The Morgan fingerprint density at radius 2 is 1.83 bits per heavy atom. The van der Waals surface area contributed by atoms with Crippen LogP contribution in [0.15, 0.2) is 49.6 Å². The molecule has 0 radical (unpaired) electrons. The Hall–Kier alpha value is -2.78. The van der Waals surface area contributed by atoms with Crippen LogP contribution < -0.4 is 9.80 Å². The molecule has 3 saturated heterocycles. The Balaban J connectivity index is 1.66. The molecule has 3 aliphatic rings. The first-order valence-corrected chi connectivity index (χ1v) is 15.8. The SMILES string of the molecule is C=CCCCCOC(=O)[C@@H]1[C@H]2C(=O)N(CCO)C(C(=O)N(CC=C)c3ccc(N(CC)CC)cc3)C23S[C@@H]1CC3C. The maximum atomic E-state index is 14.6. The number of esters is 1. The molecule has 1 N–H and O–H groups in total. The first-order valence-electron chi connectivity index (χ1n) is 14.9. The van der Waals surface area contributed by atoms with Gasteiger partial charge in [0.2, 0.25) is 5.91 Å². The number of nitrogens with zero attached hydrogens (tertiary/aromatic N) is 3. The second-order valence-corrected chi connectivity index (χ2v) is 12.7. The zero-order valence-electron chi connectivity index (χ0n) is 24.7. The van der Waals surface area contributed by atoms with Crippen LogP contribution in [0.2, 0.25) is 0 Å². The summed E-state index contributed by atoms with van der Waals surface area (Å²) in [5.74, 6) is -2.00. The predicted octanol–water partition coefficient (Wildman–Crippen LogP) is 4.28. The molecule has 0 saturated carbocycles. The Morgan fingerprint density at radius 1 is 1.15 bits per heavy atom. The highest BCUT2D eigenvalue weighted by Gasteiger charge is 2.76. The van der Waals surface area contributed by atoms with Gasteiger partial charge in [0.1, 0.15) is 6.04 Å². The number of ether oxygens (including phenoxy) is 1. The highest BCUT2D eigenvalue weighted by atomic mass is 32.2. The van der Waals surface area contributed by atoms with Crippen molar-refractivity contribution in [2.75, 3.05) is 49.2 Å². The second-order valence-electron chi connectivity index (χ2n) is 11.2. The van der Waals surface area contributed by atoms with E-state index in [9.17, 15) is 19.5 Å². The van der Waals surface area contributed by atoms with E-state index in [2.05, 4.69) is 38.8 Å². The van der Waals surface area contributed by atoms with E-state index < -0.39 is 22.6 Å². The normalized spacial score (nSPS) is 28.0. The fraction of sp³-hybridized carbons (Fsp3) is 0.594. The molecule has 0 aromatic heterocycles. The highest BCUT2D eigenvalue weighted by Crippen LogP contribution is 2.68. The average Bonchev–Trinajstić information content (AvgIpc) is 3.56. The number of allylic oxidation sites excluding steroid dienone is 1. The molecule has 0 aliphatic carbocycles. The monoisotopic (exact) mass is 583 g/mol. The fourth-order valence-corrected chi connectivity index (χ4v) is 9.51. The molecule has 3 unspecified atom stereocenters. The average molecular weight is 584 g/mol. The van der Waals surface area contributed by atoms with Crippen LogP contribution in [0, 0.1) is 17.8 Å². The molecule has 224 valence electrons. The third-order valence-corrected chi connectivity index (χ3v) is 11.1. The van der Waals surface area contributed by atoms with Crippen molar-refractivity contribution in [2.45, 2.75) is 62.5 Å². The number of anilines is 2. The molecule has 6 atom stereocenters. The van der Waals surface area contributed by atoms with Crippen molar-refractivity contribution in [1.82, 2.24) is 4.90 Å². The lowest BCUT2D eigenvalue weighted by atomic mass is 9.66. The molecular formula is C32H45N3O5S. The lowest BCUT2D eigenvalue weighted by Crippen LogP contribution is -2.57. The van der Waals surface area contributed by atoms with Crippen molar-refractivity contribution in [1.29, 1.82) is 0 Å². The van der Waals surface area contributed by atoms with E-state index in [1.54, 1.807) is 22.7 Å². The van der Waals surface area contributed by atoms with E-state index in [4.69, 9.17) is 4.74 Å². The number of benzene rings is 1. The van der Waals surface area contributed by atoms with Gasteiger partial charge in [-0.15, -0.1) is 24.9 Å². The molecule has 1 aromatic carbocycles. The Bertz CT molecular complexity index is 1120. The molecule has 3 heterocycles. The van der Waals surface area contributed by atoms with Crippen molar-refractivity contribution in [3.63, 3.8) is 0 Å². The standard InChI is InChI=1S/C32H45N3O5S/c1-6-10-11-12-20-40-31(39)26-25-21-22(5)32(41-25)27(26)29(37)35(18-19-36)28(32)30(38)34(17-7-2)24-15-13-23(14-16-24)33(8-3)9-4/h6-7,13-16,22,25-28,36H,1-2,8-12,17-21H2,3-5H3/t22?,25-,26+,27+,28?,32?/m1/s1. The van der Waals surface area contributed by atoms with Gasteiger partial charge in [-0.2, -0.15) is 0 Å². The molecule has 9 heteroatoms. The van der Waals surface area contributed by atoms with Crippen molar-refractivity contribution in [3.05, 3.63) is 49.6 Å². The molecule has 8 nitrogen and oxygen atoms in total. The first-order chi connectivity index (χ1) is 19.8. The summed E-state index contributed by atoms with van der Waals surface area (Å²) in [7, 11) is 0. The topological polar surface area (TPSA) is 90.4 Å². The minimum absolute atomic E-state index is 0.0383. The number of rotatable bonds is 15. The molecule has 2 bridgehead atoms. The lowest BCUT2D eigenvalue weighted by Gasteiger charge is -2.40. The Kier molecular flexibility index (Phi) is 10.2. The van der Waals surface area contributed by atoms with E-state index in [1.807, 2.05) is 30.3 Å². The van der Waals surface area contributed by atoms with Crippen LogP contribution in [0.25, 0.3) is 0 Å². The van der Waals surface area contributed by atoms with Crippen LogP contribution >= 0.6 is 11.8 Å². The third-order valence-electron chi connectivity index (χ3n) is 9.01. The summed E-state index contributed by atoms with van der Waals surface area (Å²) >= 11 is 1.62. The third kappa shape index (κ3) is 5.55. The van der Waals surface area contributed by atoms with Gasteiger partial charge < -0.3 is 24.5 Å². The number of aliphatic hydroxyl groups excluding tert-OH is 1. The summed E-state index contributed by atoms with van der Waals surface area (Å²) in [6, 6.07) is 7.10. The van der Waals surface area contributed by atoms with Gasteiger partial charge in [0.15, 0.2) is 0 Å².